The van der Waals surface area contributed by atoms with Crippen molar-refractivity contribution in [3.05, 3.63) is 71.5 Å². The van der Waals surface area contributed by atoms with Crippen LogP contribution in [0.2, 0.25) is 0 Å². The Hall–Kier alpha value is -2.42. The molecule has 3 nitrogen and oxygen atoms in total. The molecule has 98 valence electrons. The van der Waals surface area contributed by atoms with Gasteiger partial charge in [0.25, 0.3) is 0 Å². The molecular weight excluding hydrogens is 246 g/mol. The van der Waals surface area contributed by atoms with Crippen molar-refractivity contribution >= 4 is 0 Å². The molecule has 0 unspecified atom stereocenters. The number of aryl methyl sites for hydroxylation is 2. The van der Waals surface area contributed by atoms with Crippen molar-refractivity contribution < 1.29 is 0 Å². The highest BCUT2D eigenvalue weighted by Gasteiger charge is 2.17. The Morgan fingerprint density at radius 2 is 1.90 bits per heavy atom. The van der Waals surface area contributed by atoms with Gasteiger partial charge >= 0.3 is 0 Å². The molecule has 0 bridgehead atoms. The Balaban J connectivity index is 1.59. The second-order valence-electron chi connectivity index (χ2n) is 5.24. The lowest BCUT2D eigenvalue weighted by atomic mass is 10.0. The maximum absolute atomic E-state index is 4.00. The highest BCUT2D eigenvalue weighted by atomic mass is 15.4. The Morgan fingerprint density at radius 3 is 2.80 bits per heavy atom. The summed E-state index contributed by atoms with van der Waals surface area (Å²) in [4.78, 5) is 0. The lowest BCUT2D eigenvalue weighted by molar-refractivity contribution is 0.589. The fourth-order valence-corrected chi connectivity index (χ4v) is 2.95. The summed E-state index contributed by atoms with van der Waals surface area (Å²) >= 11 is 0. The minimum atomic E-state index is 0.881. The number of hydrogen-bond donors (Lipinski definition) is 0. The third-order valence-corrected chi connectivity index (χ3v) is 3.96. The van der Waals surface area contributed by atoms with E-state index in [1.807, 2.05) is 10.9 Å². The highest BCUT2D eigenvalue weighted by Crippen LogP contribution is 2.36. The molecule has 20 heavy (non-hydrogen) atoms. The van der Waals surface area contributed by atoms with Gasteiger partial charge in [0.1, 0.15) is 0 Å². The predicted molar refractivity (Wildman–Crippen MR) is 78.4 cm³/mol. The van der Waals surface area contributed by atoms with Crippen LogP contribution in [-0.4, -0.2) is 15.0 Å². The van der Waals surface area contributed by atoms with Crippen molar-refractivity contribution in [2.24, 2.45) is 0 Å². The average molecular weight is 261 g/mol. The van der Waals surface area contributed by atoms with E-state index < -0.39 is 0 Å². The Labute approximate surface area is 117 Å². The van der Waals surface area contributed by atoms with E-state index in [1.54, 1.807) is 6.20 Å². The number of rotatable bonds is 3. The maximum atomic E-state index is 4.00. The first-order chi connectivity index (χ1) is 9.90. The van der Waals surface area contributed by atoms with E-state index in [2.05, 4.69) is 52.8 Å². The van der Waals surface area contributed by atoms with Gasteiger partial charge in [-0.25, -0.2) is 0 Å². The summed E-state index contributed by atoms with van der Waals surface area (Å²) in [6, 6.07) is 15.5. The van der Waals surface area contributed by atoms with E-state index >= 15 is 0 Å². The van der Waals surface area contributed by atoms with E-state index in [-0.39, 0.29) is 0 Å². The molecular formula is C17H15N3. The summed E-state index contributed by atoms with van der Waals surface area (Å²) in [5, 5.41) is 7.84. The molecule has 0 spiro atoms. The van der Waals surface area contributed by atoms with Crippen LogP contribution in [0.3, 0.4) is 0 Å². The zero-order chi connectivity index (χ0) is 13.4. The average Bonchev–Trinajstić information content (AvgIpc) is 3.12. The molecule has 4 rings (SSSR count). The van der Waals surface area contributed by atoms with E-state index in [0.717, 1.165) is 19.4 Å². The van der Waals surface area contributed by atoms with Crippen LogP contribution in [0.4, 0.5) is 0 Å². The third-order valence-electron chi connectivity index (χ3n) is 3.96. The number of benzene rings is 2. The van der Waals surface area contributed by atoms with Crippen LogP contribution < -0.4 is 0 Å². The van der Waals surface area contributed by atoms with Crippen LogP contribution >= 0.6 is 0 Å². The second kappa shape index (κ2) is 4.60. The fraction of sp³-hybridized carbons (Fsp3) is 0.176. The quantitative estimate of drug-likeness (QED) is 0.567. The SMILES string of the molecule is c1ccc2c(c1)Cc1cc(CCn3ccnn3)ccc1-2. The molecule has 3 aromatic rings. The first-order valence-electron chi connectivity index (χ1n) is 6.94. The zero-order valence-electron chi connectivity index (χ0n) is 11.2. The molecule has 1 heterocycles. The monoisotopic (exact) mass is 261 g/mol. The Morgan fingerprint density at radius 1 is 1.00 bits per heavy atom. The Kier molecular flexibility index (Phi) is 2.62. The highest BCUT2D eigenvalue weighted by molar-refractivity contribution is 5.76. The molecule has 1 aliphatic carbocycles. The number of nitrogens with zero attached hydrogens (tertiary/aromatic N) is 3. The van der Waals surface area contributed by atoms with Gasteiger partial charge < -0.3 is 0 Å². The van der Waals surface area contributed by atoms with Gasteiger partial charge in [-0.05, 0) is 40.7 Å². The number of fused-ring (bicyclic) bond motifs is 3. The van der Waals surface area contributed by atoms with Crippen molar-refractivity contribution in [2.45, 2.75) is 19.4 Å². The minimum absolute atomic E-state index is 0.881. The van der Waals surface area contributed by atoms with E-state index in [4.69, 9.17) is 0 Å². The van der Waals surface area contributed by atoms with Gasteiger partial charge in [0.05, 0.1) is 6.20 Å². The Bertz CT molecular complexity index is 745. The molecule has 0 atom stereocenters. The summed E-state index contributed by atoms with van der Waals surface area (Å²) in [5.41, 5.74) is 7.04. The van der Waals surface area contributed by atoms with E-state index in [0.29, 0.717) is 0 Å². The van der Waals surface area contributed by atoms with Crippen molar-refractivity contribution in [2.75, 3.05) is 0 Å². The number of hydrogen-bond acceptors (Lipinski definition) is 2. The van der Waals surface area contributed by atoms with Crippen molar-refractivity contribution in [3.8, 4) is 11.1 Å². The molecule has 0 amide bonds. The summed E-state index contributed by atoms with van der Waals surface area (Å²) in [6.07, 6.45) is 5.68. The van der Waals surface area contributed by atoms with Crippen LogP contribution in [-0.2, 0) is 19.4 Å². The summed E-state index contributed by atoms with van der Waals surface area (Å²) in [6.45, 7) is 0.881. The molecule has 0 saturated heterocycles. The number of aromatic nitrogens is 3. The lowest BCUT2D eigenvalue weighted by Gasteiger charge is -2.05. The van der Waals surface area contributed by atoms with Gasteiger partial charge in [-0.1, -0.05) is 47.7 Å². The molecule has 0 N–H and O–H groups in total. The molecule has 0 saturated carbocycles. The van der Waals surface area contributed by atoms with Crippen molar-refractivity contribution in [1.29, 1.82) is 0 Å². The van der Waals surface area contributed by atoms with Gasteiger partial charge in [-0.15, -0.1) is 5.10 Å². The first-order valence-corrected chi connectivity index (χ1v) is 6.94. The van der Waals surface area contributed by atoms with Crippen LogP contribution in [0.15, 0.2) is 54.9 Å². The van der Waals surface area contributed by atoms with Crippen LogP contribution in [0.1, 0.15) is 16.7 Å². The van der Waals surface area contributed by atoms with Gasteiger partial charge in [0, 0.05) is 12.7 Å². The van der Waals surface area contributed by atoms with E-state index in [9.17, 15) is 0 Å². The third kappa shape index (κ3) is 1.92. The largest absolute Gasteiger partial charge is 0.252 e. The predicted octanol–water partition coefficient (Wildman–Crippen LogP) is 3.09. The summed E-state index contributed by atoms with van der Waals surface area (Å²) < 4.78 is 1.88. The normalized spacial score (nSPS) is 12.2. The van der Waals surface area contributed by atoms with Gasteiger partial charge in [-0.2, -0.15) is 0 Å². The second-order valence-corrected chi connectivity index (χ2v) is 5.24. The first kappa shape index (κ1) is 11.4. The van der Waals surface area contributed by atoms with Crippen molar-refractivity contribution in [1.82, 2.24) is 15.0 Å². The summed E-state index contributed by atoms with van der Waals surface area (Å²) in [7, 11) is 0. The molecule has 1 aromatic heterocycles. The van der Waals surface area contributed by atoms with Gasteiger partial charge in [-0.3, -0.25) is 4.68 Å². The maximum Gasteiger partial charge on any atom is 0.0692 e. The van der Waals surface area contributed by atoms with Crippen LogP contribution in [0.25, 0.3) is 11.1 Å². The summed E-state index contributed by atoms with van der Waals surface area (Å²) in [5.74, 6) is 0. The van der Waals surface area contributed by atoms with Crippen LogP contribution in [0.5, 0.6) is 0 Å². The van der Waals surface area contributed by atoms with E-state index in [1.165, 1.54) is 27.8 Å². The molecule has 2 aromatic carbocycles. The van der Waals surface area contributed by atoms with Crippen LogP contribution in [0, 0.1) is 0 Å². The molecule has 1 aliphatic rings. The topological polar surface area (TPSA) is 30.7 Å². The zero-order valence-corrected chi connectivity index (χ0v) is 11.2. The lowest BCUT2D eigenvalue weighted by Crippen LogP contribution is -2.02. The van der Waals surface area contributed by atoms with Gasteiger partial charge in [0.15, 0.2) is 0 Å². The smallest absolute Gasteiger partial charge is 0.0692 e. The molecule has 3 heteroatoms. The minimum Gasteiger partial charge on any atom is -0.252 e. The fourth-order valence-electron chi connectivity index (χ4n) is 2.95. The van der Waals surface area contributed by atoms with Gasteiger partial charge in [0.2, 0.25) is 0 Å². The molecule has 0 fully saturated rings. The molecule has 0 radical (unpaired) electrons. The molecule has 0 aliphatic heterocycles. The van der Waals surface area contributed by atoms with Crippen molar-refractivity contribution in [3.63, 3.8) is 0 Å². The standard InChI is InChI=1S/C17H15N3/c1-2-4-16-14(3-1)12-15-11-13(5-6-17(15)16)7-9-20-10-8-18-19-20/h1-6,8,10-11H,7,9,12H2.